The highest BCUT2D eigenvalue weighted by Crippen LogP contribution is 2.25. The summed E-state index contributed by atoms with van der Waals surface area (Å²) in [5.41, 5.74) is 0. The molecule has 4 heteroatoms. The Kier molecular flexibility index (Phi) is 4.80. The Morgan fingerprint density at radius 2 is 2.06 bits per heavy atom. The molecule has 98 valence electrons. The molecule has 0 unspecified atom stereocenters. The predicted octanol–water partition coefficient (Wildman–Crippen LogP) is 0.683. The van der Waals surface area contributed by atoms with Gasteiger partial charge in [-0.3, -0.25) is 9.69 Å². The number of likely N-dealkylation sites (tertiary alicyclic amines) is 1. The summed E-state index contributed by atoms with van der Waals surface area (Å²) in [5, 5.41) is 3.28. The van der Waals surface area contributed by atoms with Crippen LogP contribution < -0.4 is 5.32 Å². The summed E-state index contributed by atoms with van der Waals surface area (Å²) in [5.74, 6) is 0.275. The predicted molar refractivity (Wildman–Crippen MR) is 69.0 cm³/mol. The minimum Gasteiger partial charge on any atom is -0.342 e. The smallest absolute Gasteiger partial charge is 0.236 e. The van der Waals surface area contributed by atoms with Gasteiger partial charge in [0.25, 0.3) is 0 Å². The minimum atomic E-state index is 0.275. The molecule has 2 fully saturated rings. The largest absolute Gasteiger partial charge is 0.342 e. The summed E-state index contributed by atoms with van der Waals surface area (Å²) in [7, 11) is 0. The second-order valence-electron chi connectivity index (χ2n) is 5.12. The van der Waals surface area contributed by atoms with Crippen molar-refractivity contribution in [3.63, 3.8) is 0 Å². The fraction of sp³-hybridized carbons (Fsp3) is 0.923. The summed E-state index contributed by atoms with van der Waals surface area (Å²) in [4.78, 5) is 16.2. The summed E-state index contributed by atoms with van der Waals surface area (Å²) < 4.78 is 0. The first-order chi connectivity index (χ1) is 8.31. The highest BCUT2D eigenvalue weighted by Gasteiger charge is 2.27. The van der Waals surface area contributed by atoms with Crippen molar-refractivity contribution in [2.75, 3.05) is 39.3 Å². The van der Waals surface area contributed by atoms with Crippen molar-refractivity contribution in [2.24, 2.45) is 0 Å². The highest BCUT2D eigenvalue weighted by atomic mass is 16.2. The molecule has 0 aromatic rings. The number of amides is 1. The van der Waals surface area contributed by atoms with Gasteiger partial charge < -0.3 is 10.2 Å². The molecule has 0 aromatic carbocycles. The topological polar surface area (TPSA) is 35.6 Å². The van der Waals surface area contributed by atoms with Crippen LogP contribution in [-0.4, -0.2) is 61.0 Å². The van der Waals surface area contributed by atoms with E-state index >= 15 is 0 Å². The van der Waals surface area contributed by atoms with Gasteiger partial charge in [-0.2, -0.15) is 0 Å². The first-order valence-corrected chi connectivity index (χ1v) is 7.04. The summed E-state index contributed by atoms with van der Waals surface area (Å²) in [6.07, 6.45) is 5.08. The van der Waals surface area contributed by atoms with Crippen LogP contribution in [0.15, 0.2) is 0 Å². The molecule has 0 radical (unpaired) electrons. The summed E-state index contributed by atoms with van der Waals surface area (Å²) in [6, 6.07) is 0.830. The lowest BCUT2D eigenvalue weighted by Crippen LogP contribution is -2.39. The molecule has 1 aliphatic carbocycles. The average molecular weight is 239 g/mol. The molecule has 2 aliphatic rings. The van der Waals surface area contributed by atoms with E-state index in [1.165, 1.54) is 25.7 Å². The van der Waals surface area contributed by atoms with Crippen LogP contribution in [0.5, 0.6) is 0 Å². The Hall–Kier alpha value is -0.610. The van der Waals surface area contributed by atoms with Gasteiger partial charge in [0.15, 0.2) is 0 Å². The van der Waals surface area contributed by atoms with Crippen molar-refractivity contribution in [1.82, 2.24) is 15.1 Å². The van der Waals surface area contributed by atoms with E-state index < -0.39 is 0 Å². The third kappa shape index (κ3) is 3.96. The number of nitrogens with one attached hydrogen (secondary N) is 1. The van der Waals surface area contributed by atoms with E-state index in [1.807, 2.05) is 4.90 Å². The van der Waals surface area contributed by atoms with Gasteiger partial charge in [0.05, 0.1) is 6.54 Å². The van der Waals surface area contributed by atoms with E-state index in [9.17, 15) is 4.79 Å². The van der Waals surface area contributed by atoms with Crippen molar-refractivity contribution < 1.29 is 4.79 Å². The highest BCUT2D eigenvalue weighted by molar-refractivity contribution is 5.78. The lowest BCUT2D eigenvalue weighted by Gasteiger charge is -2.20. The van der Waals surface area contributed by atoms with E-state index in [0.717, 1.165) is 38.8 Å². The number of carbonyl (C=O) groups excluding carboxylic acids is 1. The number of hydrogen-bond donors (Lipinski definition) is 1. The van der Waals surface area contributed by atoms with Crippen LogP contribution >= 0.6 is 0 Å². The van der Waals surface area contributed by atoms with Gasteiger partial charge in [0, 0.05) is 32.2 Å². The second-order valence-corrected chi connectivity index (χ2v) is 5.12. The molecule has 1 aliphatic heterocycles. The zero-order valence-corrected chi connectivity index (χ0v) is 11.0. The number of carbonyl (C=O) groups is 1. The molecular weight excluding hydrogens is 214 g/mol. The zero-order chi connectivity index (χ0) is 12.1. The van der Waals surface area contributed by atoms with E-state index in [-0.39, 0.29) is 5.91 Å². The van der Waals surface area contributed by atoms with Gasteiger partial charge in [-0.05, 0) is 32.2 Å². The van der Waals surface area contributed by atoms with Gasteiger partial charge in [0.2, 0.25) is 5.91 Å². The molecule has 2 rings (SSSR count). The van der Waals surface area contributed by atoms with Crippen molar-refractivity contribution >= 4 is 5.91 Å². The number of nitrogens with zero attached hydrogens (tertiary/aromatic N) is 2. The van der Waals surface area contributed by atoms with Crippen LogP contribution in [-0.2, 0) is 4.79 Å². The first kappa shape index (κ1) is 12.8. The molecule has 0 aromatic heterocycles. The molecule has 0 spiro atoms. The zero-order valence-electron chi connectivity index (χ0n) is 11.0. The number of hydrogen-bond acceptors (Lipinski definition) is 3. The van der Waals surface area contributed by atoms with Crippen molar-refractivity contribution in [1.29, 1.82) is 0 Å². The van der Waals surface area contributed by atoms with Gasteiger partial charge in [-0.25, -0.2) is 0 Å². The molecular formula is C13H25N3O. The Labute approximate surface area is 104 Å². The monoisotopic (exact) mass is 239 g/mol. The Bertz CT molecular complexity index is 247. The lowest BCUT2D eigenvalue weighted by atomic mass is 10.4. The van der Waals surface area contributed by atoms with Crippen LogP contribution in [0.3, 0.4) is 0 Å². The quantitative estimate of drug-likeness (QED) is 0.664. The third-order valence-electron chi connectivity index (χ3n) is 3.78. The van der Waals surface area contributed by atoms with Crippen LogP contribution in [0.25, 0.3) is 0 Å². The van der Waals surface area contributed by atoms with Crippen LogP contribution in [0.1, 0.15) is 32.6 Å². The lowest BCUT2D eigenvalue weighted by molar-refractivity contribution is -0.129. The summed E-state index contributed by atoms with van der Waals surface area (Å²) in [6.45, 7) is 7.80. The molecule has 1 saturated heterocycles. The fourth-order valence-corrected chi connectivity index (χ4v) is 2.53. The van der Waals surface area contributed by atoms with E-state index in [1.54, 1.807) is 0 Å². The van der Waals surface area contributed by atoms with Gasteiger partial charge in [-0.15, -0.1) is 0 Å². The average Bonchev–Trinajstić information content (AvgIpc) is 3.03. The van der Waals surface area contributed by atoms with E-state index in [0.29, 0.717) is 6.54 Å². The Morgan fingerprint density at radius 3 is 2.65 bits per heavy atom. The van der Waals surface area contributed by atoms with Crippen LogP contribution in [0, 0.1) is 0 Å². The van der Waals surface area contributed by atoms with Gasteiger partial charge in [-0.1, -0.05) is 6.92 Å². The maximum Gasteiger partial charge on any atom is 0.236 e. The maximum absolute atomic E-state index is 11.8. The van der Waals surface area contributed by atoms with Crippen molar-refractivity contribution in [2.45, 2.75) is 38.6 Å². The molecule has 0 bridgehead atoms. The third-order valence-corrected chi connectivity index (χ3v) is 3.78. The SMILES string of the molecule is CCN(CCNCC(=O)N1CCCC1)C1CC1. The molecule has 1 saturated carbocycles. The molecule has 17 heavy (non-hydrogen) atoms. The van der Waals surface area contributed by atoms with E-state index in [2.05, 4.69) is 17.1 Å². The first-order valence-electron chi connectivity index (χ1n) is 7.04. The molecule has 1 amide bonds. The maximum atomic E-state index is 11.8. The van der Waals surface area contributed by atoms with Crippen LogP contribution in [0.4, 0.5) is 0 Å². The number of likely N-dealkylation sites (N-methyl/N-ethyl adjacent to an activating group) is 1. The Balaban J connectivity index is 1.54. The van der Waals surface area contributed by atoms with Gasteiger partial charge in [0.1, 0.15) is 0 Å². The fourth-order valence-electron chi connectivity index (χ4n) is 2.53. The van der Waals surface area contributed by atoms with Crippen molar-refractivity contribution in [3.05, 3.63) is 0 Å². The van der Waals surface area contributed by atoms with Gasteiger partial charge >= 0.3 is 0 Å². The molecule has 1 N–H and O–H groups in total. The normalized spacial score (nSPS) is 20.2. The van der Waals surface area contributed by atoms with E-state index in [4.69, 9.17) is 0 Å². The standard InChI is InChI=1S/C13H25N3O/c1-2-15(12-5-6-12)10-7-14-11-13(17)16-8-3-4-9-16/h12,14H,2-11H2,1H3. The summed E-state index contributed by atoms with van der Waals surface area (Å²) >= 11 is 0. The van der Waals surface area contributed by atoms with Crippen LogP contribution in [0.2, 0.25) is 0 Å². The second kappa shape index (κ2) is 6.36. The molecule has 4 nitrogen and oxygen atoms in total. The number of rotatable bonds is 7. The Morgan fingerprint density at radius 1 is 1.35 bits per heavy atom. The molecule has 1 heterocycles. The molecule has 0 atom stereocenters. The van der Waals surface area contributed by atoms with Crippen molar-refractivity contribution in [3.8, 4) is 0 Å². The minimum absolute atomic E-state index is 0.275.